The Labute approximate surface area is 170 Å². The first-order chi connectivity index (χ1) is 13.9. The minimum Gasteiger partial charge on any atom is -0.310 e. The van der Waals surface area contributed by atoms with E-state index in [-0.39, 0.29) is 12.5 Å². The SMILES string of the molecule is CCCn1c(NC(=O)C2Cc3ccccc3CN2S(C)(=O)=O)nc2ccccc21. The van der Waals surface area contributed by atoms with E-state index in [1.54, 1.807) is 0 Å². The number of aromatic nitrogens is 2. The summed E-state index contributed by atoms with van der Waals surface area (Å²) in [6, 6.07) is 14.5. The quantitative estimate of drug-likeness (QED) is 0.698. The van der Waals surface area contributed by atoms with Crippen molar-refractivity contribution in [1.29, 1.82) is 0 Å². The van der Waals surface area contributed by atoms with Gasteiger partial charge in [-0.1, -0.05) is 43.3 Å². The lowest BCUT2D eigenvalue weighted by Gasteiger charge is -2.34. The van der Waals surface area contributed by atoms with Crippen LogP contribution in [0.2, 0.25) is 0 Å². The molecule has 1 aromatic heterocycles. The zero-order chi connectivity index (χ0) is 20.6. The van der Waals surface area contributed by atoms with Crippen molar-refractivity contribution in [1.82, 2.24) is 13.9 Å². The Hall–Kier alpha value is -2.71. The summed E-state index contributed by atoms with van der Waals surface area (Å²) >= 11 is 0. The Morgan fingerprint density at radius 1 is 1.14 bits per heavy atom. The van der Waals surface area contributed by atoms with Gasteiger partial charge in [-0.2, -0.15) is 4.31 Å². The van der Waals surface area contributed by atoms with E-state index in [1.165, 1.54) is 4.31 Å². The Bertz CT molecular complexity index is 1170. The van der Waals surface area contributed by atoms with Gasteiger partial charge in [0.15, 0.2) is 0 Å². The molecule has 8 heteroatoms. The molecule has 29 heavy (non-hydrogen) atoms. The number of fused-ring (bicyclic) bond motifs is 2. The topological polar surface area (TPSA) is 84.3 Å². The van der Waals surface area contributed by atoms with Gasteiger partial charge in [0.1, 0.15) is 6.04 Å². The molecule has 3 aromatic rings. The van der Waals surface area contributed by atoms with E-state index < -0.39 is 16.1 Å². The van der Waals surface area contributed by atoms with Crippen LogP contribution in [0.15, 0.2) is 48.5 Å². The number of imidazole rings is 1. The van der Waals surface area contributed by atoms with Crippen LogP contribution in [0.25, 0.3) is 11.0 Å². The van der Waals surface area contributed by atoms with Crippen LogP contribution in [0, 0.1) is 0 Å². The molecule has 152 valence electrons. The van der Waals surface area contributed by atoms with Crippen molar-refractivity contribution in [2.45, 2.75) is 38.9 Å². The van der Waals surface area contributed by atoms with Gasteiger partial charge < -0.3 is 4.57 Å². The maximum atomic E-state index is 13.2. The van der Waals surface area contributed by atoms with Crippen molar-refractivity contribution in [3.05, 3.63) is 59.7 Å². The van der Waals surface area contributed by atoms with Crippen molar-refractivity contribution in [2.75, 3.05) is 11.6 Å². The van der Waals surface area contributed by atoms with Crippen LogP contribution < -0.4 is 5.32 Å². The van der Waals surface area contributed by atoms with Crippen LogP contribution in [0.4, 0.5) is 5.95 Å². The van der Waals surface area contributed by atoms with Crippen molar-refractivity contribution in [2.24, 2.45) is 0 Å². The fourth-order valence-corrected chi connectivity index (χ4v) is 4.89. The second-order valence-electron chi connectivity index (χ2n) is 7.36. The molecule has 0 radical (unpaired) electrons. The van der Waals surface area contributed by atoms with E-state index in [9.17, 15) is 13.2 Å². The molecule has 0 spiro atoms. The Balaban J connectivity index is 1.68. The summed E-state index contributed by atoms with van der Waals surface area (Å²) in [7, 11) is -3.55. The van der Waals surface area contributed by atoms with E-state index in [2.05, 4.69) is 17.2 Å². The standard InChI is InChI=1S/C21H24N4O3S/c1-3-12-24-18-11-7-6-10-17(18)22-21(24)23-20(26)19-13-15-8-4-5-9-16(15)14-25(19)29(2,27)28/h4-11,19H,3,12-14H2,1-2H3,(H,22,23,26). The molecule has 0 fully saturated rings. The van der Waals surface area contributed by atoms with Crippen LogP contribution in [-0.4, -0.2) is 40.5 Å². The molecule has 1 atom stereocenters. The summed E-state index contributed by atoms with van der Waals surface area (Å²) in [5, 5.41) is 2.89. The van der Waals surface area contributed by atoms with Gasteiger partial charge in [0, 0.05) is 13.1 Å². The molecule has 0 saturated carbocycles. The zero-order valence-corrected chi connectivity index (χ0v) is 17.3. The van der Waals surface area contributed by atoms with Gasteiger partial charge in [-0.25, -0.2) is 13.4 Å². The molecular weight excluding hydrogens is 388 g/mol. The van der Waals surface area contributed by atoms with Crippen LogP contribution in [0.5, 0.6) is 0 Å². The number of nitrogens with one attached hydrogen (secondary N) is 1. The molecule has 1 aliphatic rings. The van der Waals surface area contributed by atoms with Crippen LogP contribution >= 0.6 is 0 Å². The molecule has 2 heterocycles. The van der Waals surface area contributed by atoms with Gasteiger partial charge >= 0.3 is 0 Å². The molecule has 1 unspecified atom stereocenters. The first-order valence-corrected chi connectivity index (χ1v) is 11.5. The predicted molar refractivity (Wildman–Crippen MR) is 113 cm³/mol. The summed E-state index contributed by atoms with van der Waals surface area (Å²) in [6.45, 7) is 2.96. The number of aryl methyl sites for hydroxylation is 1. The molecule has 1 aliphatic heterocycles. The molecular formula is C21H24N4O3S. The molecule has 4 rings (SSSR count). The second-order valence-corrected chi connectivity index (χ2v) is 9.30. The third-order valence-electron chi connectivity index (χ3n) is 5.27. The highest BCUT2D eigenvalue weighted by Crippen LogP contribution is 2.27. The monoisotopic (exact) mass is 412 g/mol. The number of carbonyl (C=O) groups is 1. The fourth-order valence-electron chi connectivity index (χ4n) is 3.89. The zero-order valence-electron chi connectivity index (χ0n) is 16.5. The van der Waals surface area contributed by atoms with Crippen molar-refractivity contribution in [3.63, 3.8) is 0 Å². The number of anilines is 1. The Morgan fingerprint density at radius 3 is 2.55 bits per heavy atom. The molecule has 1 N–H and O–H groups in total. The van der Waals surface area contributed by atoms with Gasteiger partial charge in [0.2, 0.25) is 21.9 Å². The van der Waals surface area contributed by atoms with Crippen LogP contribution in [0.3, 0.4) is 0 Å². The van der Waals surface area contributed by atoms with Crippen molar-refractivity contribution >= 4 is 32.9 Å². The molecule has 2 aromatic carbocycles. The van der Waals surface area contributed by atoms with Crippen molar-refractivity contribution < 1.29 is 13.2 Å². The van der Waals surface area contributed by atoms with Gasteiger partial charge in [-0.3, -0.25) is 10.1 Å². The third kappa shape index (κ3) is 3.77. The number of sulfonamides is 1. The number of hydrogen-bond acceptors (Lipinski definition) is 4. The number of para-hydroxylation sites is 2. The van der Waals surface area contributed by atoms with E-state index in [4.69, 9.17) is 0 Å². The third-order valence-corrected chi connectivity index (χ3v) is 6.51. The normalized spacial score (nSPS) is 17.2. The Morgan fingerprint density at radius 2 is 1.83 bits per heavy atom. The predicted octanol–water partition coefficient (Wildman–Crippen LogP) is 2.77. The number of carbonyl (C=O) groups excluding carboxylic acids is 1. The average Bonchev–Trinajstić information content (AvgIpc) is 3.04. The maximum absolute atomic E-state index is 13.2. The van der Waals surface area contributed by atoms with E-state index >= 15 is 0 Å². The molecule has 7 nitrogen and oxygen atoms in total. The van der Waals surface area contributed by atoms with Gasteiger partial charge in [0.05, 0.1) is 17.3 Å². The van der Waals surface area contributed by atoms with E-state index in [0.29, 0.717) is 18.9 Å². The first kappa shape index (κ1) is 19.6. The number of nitrogens with zero attached hydrogens (tertiary/aromatic N) is 3. The second kappa shape index (κ2) is 7.61. The maximum Gasteiger partial charge on any atom is 0.245 e. The highest BCUT2D eigenvalue weighted by Gasteiger charge is 2.37. The number of amides is 1. The van der Waals surface area contributed by atoms with E-state index in [0.717, 1.165) is 34.8 Å². The Kier molecular flexibility index (Phi) is 5.14. The molecule has 0 saturated heterocycles. The molecule has 1 amide bonds. The van der Waals surface area contributed by atoms with Gasteiger partial charge in [-0.15, -0.1) is 0 Å². The minimum atomic E-state index is -3.55. The molecule has 0 bridgehead atoms. The minimum absolute atomic E-state index is 0.193. The van der Waals surface area contributed by atoms with Gasteiger partial charge in [0.25, 0.3) is 0 Å². The van der Waals surface area contributed by atoms with Crippen molar-refractivity contribution in [3.8, 4) is 0 Å². The van der Waals surface area contributed by atoms with Crippen LogP contribution in [-0.2, 0) is 34.3 Å². The lowest BCUT2D eigenvalue weighted by molar-refractivity contribution is -0.120. The summed E-state index contributed by atoms with van der Waals surface area (Å²) < 4.78 is 28.0. The highest BCUT2D eigenvalue weighted by molar-refractivity contribution is 7.88. The van der Waals surface area contributed by atoms with Gasteiger partial charge in [-0.05, 0) is 36.1 Å². The molecule has 0 aliphatic carbocycles. The van der Waals surface area contributed by atoms with E-state index in [1.807, 2.05) is 53.1 Å². The number of benzene rings is 2. The average molecular weight is 413 g/mol. The number of hydrogen-bond donors (Lipinski definition) is 1. The summed E-state index contributed by atoms with van der Waals surface area (Å²) in [6.07, 6.45) is 2.37. The first-order valence-electron chi connectivity index (χ1n) is 9.68. The largest absolute Gasteiger partial charge is 0.310 e. The van der Waals surface area contributed by atoms with Crippen LogP contribution in [0.1, 0.15) is 24.5 Å². The number of rotatable bonds is 5. The smallest absolute Gasteiger partial charge is 0.245 e. The highest BCUT2D eigenvalue weighted by atomic mass is 32.2. The lowest BCUT2D eigenvalue weighted by atomic mass is 9.95. The summed E-state index contributed by atoms with van der Waals surface area (Å²) in [4.78, 5) is 17.8. The fraction of sp³-hybridized carbons (Fsp3) is 0.333. The summed E-state index contributed by atoms with van der Waals surface area (Å²) in [5.74, 6) is 0.0861. The lowest BCUT2D eigenvalue weighted by Crippen LogP contribution is -2.50. The summed E-state index contributed by atoms with van der Waals surface area (Å²) in [5.41, 5.74) is 3.67.